The van der Waals surface area contributed by atoms with Crippen molar-refractivity contribution in [1.29, 1.82) is 0 Å². The summed E-state index contributed by atoms with van der Waals surface area (Å²) < 4.78 is 39.5. The van der Waals surface area contributed by atoms with Crippen LogP contribution in [0.4, 0.5) is 19.0 Å². The number of carbonyl (C=O) groups is 1. The maximum Gasteiger partial charge on any atom is 0.417 e. The molecule has 1 aromatic carbocycles. The summed E-state index contributed by atoms with van der Waals surface area (Å²) in [6.45, 7) is 2.74. The molecule has 0 N–H and O–H groups in total. The number of anilines is 1. The number of fused-ring (bicyclic) bond motifs is 1. The molecule has 2 aliphatic heterocycles. The van der Waals surface area contributed by atoms with Gasteiger partial charge in [0.05, 0.1) is 20.8 Å². The highest BCUT2D eigenvalue weighted by atomic mass is 32.1. The first-order valence-corrected chi connectivity index (χ1v) is 12.1. The van der Waals surface area contributed by atoms with E-state index in [0.717, 1.165) is 43.7 Å². The number of hydrogen-bond acceptors (Lipinski definition) is 5. The number of aromatic nitrogens is 2. The number of hydrogen-bond donors (Lipinski definition) is 0. The Kier molecular flexibility index (Phi) is 5.99. The molecule has 3 aromatic rings. The Morgan fingerprint density at radius 3 is 2.33 bits per heavy atom. The van der Waals surface area contributed by atoms with E-state index >= 15 is 0 Å². The van der Waals surface area contributed by atoms with Gasteiger partial charge in [-0.25, -0.2) is 9.97 Å². The molecule has 0 unspecified atom stereocenters. The van der Waals surface area contributed by atoms with Gasteiger partial charge in [0.25, 0.3) is 0 Å². The number of halogens is 3. The van der Waals surface area contributed by atoms with Gasteiger partial charge in [0.15, 0.2) is 0 Å². The molecule has 9 heteroatoms. The lowest BCUT2D eigenvalue weighted by Crippen LogP contribution is -2.45. The zero-order chi connectivity index (χ0) is 23.0. The van der Waals surface area contributed by atoms with Crippen molar-refractivity contribution in [2.45, 2.75) is 37.8 Å². The Morgan fingerprint density at radius 2 is 1.70 bits per heavy atom. The smallest absolute Gasteiger partial charge is 0.357 e. The molecular formula is C24H25F3N4OS. The topological polar surface area (TPSA) is 49.3 Å². The summed E-state index contributed by atoms with van der Waals surface area (Å²) in [6, 6.07) is 10.7. The first kappa shape index (κ1) is 22.1. The van der Waals surface area contributed by atoms with Crippen LogP contribution in [0.2, 0.25) is 0 Å². The number of pyridine rings is 1. The van der Waals surface area contributed by atoms with E-state index in [-0.39, 0.29) is 11.8 Å². The average Bonchev–Trinajstić information content (AvgIpc) is 3.28. The van der Waals surface area contributed by atoms with Crippen LogP contribution in [0.3, 0.4) is 0 Å². The molecule has 2 aromatic heterocycles. The van der Waals surface area contributed by atoms with E-state index in [1.54, 1.807) is 11.3 Å². The van der Waals surface area contributed by atoms with Gasteiger partial charge in [-0.1, -0.05) is 12.1 Å². The average molecular weight is 475 g/mol. The van der Waals surface area contributed by atoms with Crippen molar-refractivity contribution in [2.24, 2.45) is 5.92 Å². The predicted octanol–water partition coefficient (Wildman–Crippen LogP) is 5.33. The monoisotopic (exact) mass is 474 g/mol. The molecule has 33 heavy (non-hydrogen) atoms. The van der Waals surface area contributed by atoms with Gasteiger partial charge in [-0.05, 0) is 49.9 Å². The second kappa shape index (κ2) is 8.93. The molecule has 2 saturated heterocycles. The lowest BCUT2D eigenvalue weighted by molar-refractivity contribution is -0.138. The van der Waals surface area contributed by atoms with Gasteiger partial charge in [-0.15, -0.1) is 11.3 Å². The van der Waals surface area contributed by atoms with Crippen molar-refractivity contribution in [3.8, 4) is 0 Å². The Hall–Kier alpha value is -2.68. The van der Waals surface area contributed by atoms with Crippen molar-refractivity contribution >= 4 is 33.3 Å². The molecule has 2 aliphatic rings. The number of rotatable bonds is 3. The fourth-order valence-corrected chi connectivity index (χ4v) is 5.90. The highest BCUT2D eigenvalue weighted by molar-refractivity contribution is 7.18. The van der Waals surface area contributed by atoms with E-state index in [9.17, 15) is 18.0 Å². The van der Waals surface area contributed by atoms with Crippen molar-refractivity contribution < 1.29 is 18.0 Å². The molecule has 174 valence electrons. The maximum atomic E-state index is 13.1. The van der Waals surface area contributed by atoms with Crippen LogP contribution in [0.15, 0.2) is 42.6 Å². The zero-order valence-corrected chi connectivity index (χ0v) is 18.9. The number of thiazole rings is 1. The molecule has 0 bridgehead atoms. The highest BCUT2D eigenvalue weighted by Crippen LogP contribution is 2.35. The molecule has 0 spiro atoms. The minimum Gasteiger partial charge on any atom is -0.357 e. The molecule has 1 amide bonds. The normalized spacial score (nSPS) is 18.8. The van der Waals surface area contributed by atoms with E-state index in [2.05, 4.69) is 11.1 Å². The van der Waals surface area contributed by atoms with Crippen molar-refractivity contribution in [1.82, 2.24) is 14.9 Å². The molecular weight excluding hydrogens is 449 g/mol. The van der Waals surface area contributed by atoms with Crippen molar-refractivity contribution in [3.05, 3.63) is 53.2 Å². The third kappa shape index (κ3) is 4.69. The number of nitrogens with zero attached hydrogens (tertiary/aromatic N) is 4. The number of piperidine rings is 2. The number of benzene rings is 1. The number of alkyl halides is 3. The Balaban J connectivity index is 1.13. The van der Waals surface area contributed by atoms with Crippen LogP contribution in [0.25, 0.3) is 10.2 Å². The molecule has 2 fully saturated rings. The van der Waals surface area contributed by atoms with Gasteiger partial charge >= 0.3 is 6.18 Å². The van der Waals surface area contributed by atoms with Crippen LogP contribution in [0.5, 0.6) is 0 Å². The summed E-state index contributed by atoms with van der Waals surface area (Å²) in [5.74, 6) is 1.11. The fraction of sp³-hybridized carbons (Fsp3) is 0.458. The SMILES string of the molecule is O=C(C1CCN(c2ccc(C(F)(F)F)cn2)CC1)N1CCC(c2nc3ccccc3s2)CC1. The minimum absolute atomic E-state index is 0.0327. The van der Waals surface area contributed by atoms with Crippen molar-refractivity contribution in [2.75, 3.05) is 31.1 Å². The number of amides is 1. The summed E-state index contributed by atoms with van der Waals surface area (Å²) in [5.41, 5.74) is 0.302. The Morgan fingerprint density at radius 1 is 0.970 bits per heavy atom. The van der Waals surface area contributed by atoms with Crippen molar-refractivity contribution in [3.63, 3.8) is 0 Å². The molecule has 5 nitrogen and oxygen atoms in total. The highest BCUT2D eigenvalue weighted by Gasteiger charge is 2.33. The number of para-hydroxylation sites is 1. The summed E-state index contributed by atoms with van der Waals surface area (Å²) >= 11 is 1.75. The molecule has 0 aliphatic carbocycles. The lowest BCUT2D eigenvalue weighted by atomic mass is 9.92. The van der Waals surface area contributed by atoms with E-state index in [4.69, 9.17) is 4.98 Å². The van der Waals surface area contributed by atoms with Crippen LogP contribution < -0.4 is 4.90 Å². The lowest BCUT2D eigenvalue weighted by Gasteiger charge is -2.37. The molecule has 0 saturated carbocycles. The predicted molar refractivity (Wildman–Crippen MR) is 122 cm³/mol. The van der Waals surface area contributed by atoms with E-state index in [0.29, 0.717) is 37.7 Å². The minimum atomic E-state index is -4.38. The van der Waals surface area contributed by atoms with Gasteiger partial charge in [-0.3, -0.25) is 4.79 Å². The maximum absolute atomic E-state index is 13.1. The Labute approximate surface area is 194 Å². The first-order chi connectivity index (χ1) is 15.9. The van der Waals surface area contributed by atoms with Crippen LogP contribution >= 0.6 is 11.3 Å². The summed E-state index contributed by atoms with van der Waals surface area (Å²) in [4.78, 5) is 25.8. The Bertz CT molecular complexity index is 1080. The molecule has 4 heterocycles. The second-order valence-corrected chi connectivity index (χ2v) is 9.85. The van der Waals surface area contributed by atoms with E-state index in [1.807, 2.05) is 28.0 Å². The van der Waals surface area contributed by atoms with E-state index < -0.39 is 11.7 Å². The van der Waals surface area contributed by atoms with Gasteiger partial charge < -0.3 is 9.80 Å². The number of likely N-dealkylation sites (tertiary alicyclic amines) is 1. The third-order valence-electron chi connectivity index (χ3n) is 6.71. The quantitative estimate of drug-likeness (QED) is 0.515. The standard InChI is InChI=1S/C24H25F3N4OS/c25-24(26,27)18-5-6-21(28-15-18)30-11-9-17(10-12-30)23(32)31-13-7-16(8-14-31)22-29-19-3-1-2-4-20(19)33-22/h1-6,15-17H,7-14H2. The second-order valence-electron chi connectivity index (χ2n) is 8.78. The van der Waals surface area contributed by atoms with Gasteiger partial charge in [0, 0.05) is 44.2 Å². The fourth-order valence-electron chi connectivity index (χ4n) is 4.77. The third-order valence-corrected chi connectivity index (χ3v) is 7.91. The first-order valence-electron chi connectivity index (χ1n) is 11.3. The van der Waals surface area contributed by atoms with Crippen LogP contribution in [0.1, 0.15) is 42.2 Å². The number of carbonyl (C=O) groups excluding carboxylic acids is 1. The molecule has 5 rings (SSSR count). The van der Waals surface area contributed by atoms with Gasteiger partial charge in [-0.2, -0.15) is 13.2 Å². The van der Waals surface area contributed by atoms with E-state index in [1.165, 1.54) is 15.8 Å². The largest absolute Gasteiger partial charge is 0.417 e. The summed E-state index contributed by atoms with van der Waals surface area (Å²) in [5, 5.41) is 1.17. The summed E-state index contributed by atoms with van der Waals surface area (Å²) in [6.07, 6.45) is -0.258. The van der Waals surface area contributed by atoms with Crippen LogP contribution in [-0.2, 0) is 11.0 Å². The molecule has 0 radical (unpaired) electrons. The zero-order valence-electron chi connectivity index (χ0n) is 18.1. The summed E-state index contributed by atoms with van der Waals surface area (Å²) in [7, 11) is 0. The van der Waals surface area contributed by atoms with Gasteiger partial charge in [0.2, 0.25) is 5.91 Å². The van der Waals surface area contributed by atoms with Crippen LogP contribution in [-0.4, -0.2) is 47.0 Å². The van der Waals surface area contributed by atoms with Gasteiger partial charge in [0.1, 0.15) is 5.82 Å². The van der Waals surface area contributed by atoms with Crippen LogP contribution in [0, 0.1) is 5.92 Å². The molecule has 0 atom stereocenters.